The average Bonchev–Trinajstić information content (AvgIpc) is 2.50. The lowest BCUT2D eigenvalue weighted by Crippen LogP contribution is -1.99. The van der Waals surface area contributed by atoms with Crippen LogP contribution in [0.5, 0.6) is 0 Å². The third-order valence-corrected chi connectivity index (χ3v) is 1.92. The van der Waals surface area contributed by atoms with Gasteiger partial charge in [0.2, 0.25) is 0 Å². The Balaban J connectivity index is 2.88. The molecule has 0 spiro atoms. The van der Waals surface area contributed by atoms with Crippen LogP contribution in [-0.2, 0) is 0 Å². The van der Waals surface area contributed by atoms with Crippen molar-refractivity contribution in [3.05, 3.63) is 29.7 Å². The number of rotatable bonds is 1. The number of nitrogens with zero attached hydrogens (tertiary/aromatic N) is 1. The van der Waals surface area contributed by atoms with Crippen molar-refractivity contribution in [2.45, 2.75) is 6.92 Å². The topological polar surface area (TPSA) is 63.3 Å². The number of aromatic nitrogens is 1. The Morgan fingerprint density at radius 2 is 2.31 bits per heavy atom. The molecule has 0 unspecified atom stereocenters. The van der Waals surface area contributed by atoms with Crippen molar-refractivity contribution in [2.75, 3.05) is 0 Å². The molecule has 66 valence electrons. The minimum Gasteiger partial charge on any atom is -0.478 e. The third kappa shape index (κ3) is 1.07. The van der Waals surface area contributed by atoms with Crippen molar-refractivity contribution < 1.29 is 14.3 Å². The molecule has 1 heterocycles. The number of hydrogen-bond donors (Lipinski definition) is 1. The highest BCUT2D eigenvalue weighted by atomic mass is 16.4. The predicted octanol–water partition coefficient (Wildman–Crippen LogP) is 1.83. The number of aromatic carboxylic acids is 1. The first-order valence-corrected chi connectivity index (χ1v) is 3.76. The fraction of sp³-hybridized carbons (Fsp3) is 0.111. The highest BCUT2D eigenvalue weighted by molar-refractivity contribution is 6.01. The molecule has 13 heavy (non-hydrogen) atoms. The second kappa shape index (κ2) is 2.58. The Morgan fingerprint density at radius 1 is 1.54 bits per heavy atom. The van der Waals surface area contributed by atoms with Gasteiger partial charge in [0.15, 0.2) is 12.0 Å². The summed E-state index contributed by atoms with van der Waals surface area (Å²) in [6.07, 6.45) is 1.25. The number of aryl methyl sites for hydroxylation is 1. The molecule has 0 bridgehead atoms. The first kappa shape index (κ1) is 7.79. The molecule has 0 aliphatic heterocycles. The summed E-state index contributed by atoms with van der Waals surface area (Å²) >= 11 is 0. The van der Waals surface area contributed by atoms with Crippen LogP contribution >= 0.6 is 0 Å². The molecule has 4 nitrogen and oxygen atoms in total. The van der Waals surface area contributed by atoms with Crippen LogP contribution in [0.4, 0.5) is 0 Å². The van der Waals surface area contributed by atoms with E-state index in [4.69, 9.17) is 9.52 Å². The summed E-state index contributed by atoms with van der Waals surface area (Å²) in [4.78, 5) is 14.7. The molecule has 0 amide bonds. The number of oxazole rings is 1. The van der Waals surface area contributed by atoms with Gasteiger partial charge in [-0.3, -0.25) is 0 Å². The molecule has 0 saturated carbocycles. The van der Waals surface area contributed by atoms with Crippen molar-refractivity contribution in [1.82, 2.24) is 4.98 Å². The summed E-state index contributed by atoms with van der Waals surface area (Å²) in [7, 11) is 0. The van der Waals surface area contributed by atoms with Crippen molar-refractivity contribution in [3.8, 4) is 0 Å². The zero-order valence-electron chi connectivity index (χ0n) is 6.94. The molecule has 4 heteroatoms. The average molecular weight is 177 g/mol. The molecule has 2 aromatic rings. The van der Waals surface area contributed by atoms with E-state index in [1.54, 1.807) is 19.1 Å². The van der Waals surface area contributed by atoms with E-state index in [-0.39, 0.29) is 5.56 Å². The fourth-order valence-corrected chi connectivity index (χ4v) is 1.29. The zero-order valence-corrected chi connectivity index (χ0v) is 6.94. The van der Waals surface area contributed by atoms with Gasteiger partial charge in [-0.05, 0) is 18.6 Å². The predicted molar refractivity (Wildman–Crippen MR) is 45.7 cm³/mol. The van der Waals surface area contributed by atoms with Gasteiger partial charge in [-0.2, -0.15) is 0 Å². The van der Waals surface area contributed by atoms with E-state index in [0.717, 1.165) is 0 Å². The maximum Gasteiger partial charge on any atom is 0.339 e. The van der Waals surface area contributed by atoms with Gasteiger partial charge in [-0.1, -0.05) is 6.07 Å². The quantitative estimate of drug-likeness (QED) is 0.721. The molecule has 0 atom stereocenters. The molecular formula is C9H7NO3. The van der Waals surface area contributed by atoms with Gasteiger partial charge in [0, 0.05) is 0 Å². The van der Waals surface area contributed by atoms with Crippen LogP contribution in [-0.4, -0.2) is 16.1 Å². The first-order valence-electron chi connectivity index (χ1n) is 3.76. The van der Waals surface area contributed by atoms with E-state index >= 15 is 0 Å². The van der Waals surface area contributed by atoms with Gasteiger partial charge in [0.25, 0.3) is 0 Å². The lowest BCUT2D eigenvalue weighted by molar-refractivity contribution is 0.0697. The van der Waals surface area contributed by atoms with Crippen LogP contribution in [0, 0.1) is 6.92 Å². The highest BCUT2D eigenvalue weighted by Crippen LogP contribution is 2.20. The molecule has 0 fully saturated rings. The molecule has 1 N–H and O–H groups in total. The Hall–Kier alpha value is -1.84. The summed E-state index contributed by atoms with van der Waals surface area (Å²) in [6, 6.07) is 3.45. The van der Waals surface area contributed by atoms with E-state index in [0.29, 0.717) is 16.7 Å². The van der Waals surface area contributed by atoms with Crippen molar-refractivity contribution >= 4 is 17.1 Å². The molecule has 0 aliphatic carbocycles. The lowest BCUT2D eigenvalue weighted by atomic mass is 10.1. The monoisotopic (exact) mass is 177 g/mol. The van der Waals surface area contributed by atoms with E-state index in [1.807, 2.05) is 0 Å². The van der Waals surface area contributed by atoms with Gasteiger partial charge in [-0.15, -0.1) is 0 Å². The molecular weight excluding hydrogens is 170 g/mol. The summed E-state index contributed by atoms with van der Waals surface area (Å²) < 4.78 is 5.00. The number of carboxylic acid groups (broad SMARTS) is 1. The lowest BCUT2D eigenvalue weighted by Gasteiger charge is -1.98. The second-order valence-corrected chi connectivity index (χ2v) is 2.76. The molecule has 0 radical (unpaired) electrons. The second-order valence-electron chi connectivity index (χ2n) is 2.76. The Morgan fingerprint density at radius 3 is 3.00 bits per heavy atom. The van der Waals surface area contributed by atoms with Crippen LogP contribution < -0.4 is 0 Å². The van der Waals surface area contributed by atoms with Crippen LogP contribution in [0.25, 0.3) is 11.1 Å². The first-order chi connectivity index (χ1) is 6.20. The van der Waals surface area contributed by atoms with Gasteiger partial charge >= 0.3 is 5.97 Å². The van der Waals surface area contributed by atoms with Gasteiger partial charge < -0.3 is 9.52 Å². The Bertz CT molecular complexity index is 473. The maximum atomic E-state index is 10.8. The van der Waals surface area contributed by atoms with Crippen molar-refractivity contribution in [1.29, 1.82) is 0 Å². The minimum absolute atomic E-state index is 0.190. The Labute approximate surface area is 73.8 Å². The van der Waals surface area contributed by atoms with Gasteiger partial charge in [0.05, 0.1) is 0 Å². The van der Waals surface area contributed by atoms with Crippen LogP contribution in [0.2, 0.25) is 0 Å². The van der Waals surface area contributed by atoms with E-state index in [2.05, 4.69) is 4.98 Å². The van der Waals surface area contributed by atoms with Gasteiger partial charge in [-0.25, -0.2) is 9.78 Å². The molecule has 2 rings (SSSR count). The molecule has 0 aliphatic rings. The number of hydrogen-bond acceptors (Lipinski definition) is 3. The maximum absolute atomic E-state index is 10.8. The van der Waals surface area contributed by atoms with Crippen LogP contribution in [0.3, 0.4) is 0 Å². The summed E-state index contributed by atoms with van der Waals surface area (Å²) in [5.74, 6) is -0.986. The smallest absolute Gasteiger partial charge is 0.339 e. The minimum atomic E-state index is -0.986. The highest BCUT2D eigenvalue weighted by Gasteiger charge is 2.14. The summed E-state index contributed by atoms with van der Waals surface area (Å²) in [5.41, 5.74) is 1.78. The van der Waals surface area contributed by atoms with Crippen molar-refractivity contribution in [3.63, 3.8) is 0 Å². The van der Waals surface area contributed by atoms with E-state index in [1.165, 1.54) is 6.39 Å². The number of carboxylic acids is 1. The fourth-order valence-electron chi connectivity index (χ4n) is 1.29. The largest absolute Gasteiger partial charge is 0.478 e. The summed E-state index contributed by atoms with van der Waals surface area (Å²) in [6.45, 7) is 1.73. The third-order valence-electron chi connectivity index (χ3n) is 1.92. The zero-order chi connectivity index (χ0) is 9.42. The number of benzene rings is 1. The molecule has 1 aromatic carbocycles. The standard InChI is InChI=1S/C9H7NO3/c1-5-2-3-6-8(13-4-10-6)7(5)9(11)12/h2-4H,1H3,(H,11,12). The van der Waals surface area contributed by atoms with Crippen molar-refractivity contribution in [2.24, 2.45) is 0 Å². The normalized spacial score (nSPS) is 10.5. The SMILES string of the molecule is Cc1ccc2ncoc2c1C(=O)O. The number of carbonyl (C=O) groups is 1. The van der Waals surface area contributed by atoms with Crippen LogP contribution in [0.1, 0.15) is 15.9 Å². The van der Waals surface area contributed by atoms with E-state index < -0.39 is 5.97 Å². The molecule has 1 aromatic heterocycles. The Kier molecular flexibility index (Phi) is 1.55. The van der Waals surface area contributed by atoms with Gasteiger partial charge in [0.1, 0.15) is 11.1 Å². The van der Waals surface area contributed by atoms with Crippen LogP contribution in [0.15, 0.2) is 22.9 Å². The number of fused-ring (bicyclic) bond motifs is 1. The summed E-state index contributed by atoms with van der Waals surface area (Å²) in [5, 5.41) is 8.89. The molecule has 0 saturated heterocycles. The van der Waals surface area contributed by atoms with E-state index in [9.17, 15) is 4.79 Å².